The Labute approximate surface area is 139 Å². The average molecular weight is 347 g/mol. The minimum Gasteiger partial charge on any atom is -0.325 e. The molecule has 0 saturated carbocycles. The van der Waals surface area contributed by atoms with Crippen LogP contribution in [0.15, 0.2) is 53.7 Å². The Balaban J connectivity index is 1.60. The number of rotatable bonds is 5. The second kappa shape index (κ2) is 7.18. The standard InChI is InChI=1S/C15H11F2N5OS/c16-13-5-4-12(7-14(13)17)24-8-15(23)19-10-2-1-3-11(6-10)22-9-18-20-21-22/h1-7,9H,8H2,(H,19,23). The van der Waals surface area contributed by atoms with Gasteiger partial charge in [-0.3, -0.25) is 4.79 Å². The summed E-state index contributed by atoms with van der Waals surface area (Å²) >= 11 is 1.12. The number of nitrogens with zero attached hydrogens (tertiary/aromatic N) is 4. The van der Waals surface area contributed by atoms with E-state index in [9.17, 15) is 13.6 Å². The van der Waals surface area contributed by atoms with Gasteiger partial charge in [-0.15, -0.1) is 16.9 Å². The molecule has 3 rings (SSSR count). The molecule has 1 heterocycles. The summed E-state index contributed by atoms with van der Waals surface area (Å²) in [5.74, 6) is -2.04. The number of nitrogens with one attached hydrogen (secondary N) is 1. The van der Waals surface area contributed by atoms with Gasteiger partial charge in [-0.2, -0.15) is 0 Å². The quantitative estimate of drug-likeness (QED) is 0.719. The summed E-state index contributed by atoms with van der Waals surface area (Å²) < 4.78 is 27.4. The van der Waals surface area contributed by atoms with Gasteiger partial charge in [-0.05, 0) is 46.8 Å². The fourth-order valence-electron chi connectivity index (χ4n) is 1.92. The number of halogens is 2. The molecule has 122 valence electrons. The number of hydrogen-bond acceptors (Lipinski definition) is 5. The summed E-state index contributed by atoms with van der Waals surface area (Å²) in [6, 6.07) is 10.5. The molecule has 9 heteroatoms. The lowest BCUT2D eigenvalue weighted by Crippen LogP contribution is -2.14. The van der Waals surface area contributed by atoms with Gasteiger partial charge in [-0.25, -0.2) is 13.5 Å². The highest BCUT2D eigenvalue weighted by molar-refractivity contribution is 8.00. The van der Waals surface area contributed by atoms with Crippen molar-refractivity contribution in [3.63, 3.8) is 0 Å². The number of amides is 1. The Kier molecular flexibility index (Phi) is 4.80. The molecule has 0 fully saturated rings. The molecular formula is C15H11F2N5OS. The van der Waals surface area contributed by atoms with Crippen molar-refractivity contribution in [1.82, 2.24) is 20.2 Å². The molecule has 0 bridgehead atoms. The first-order chi connectivity index (χ1) is 11.6. The zero-order valence-electron chi connectivity index (χ0n) is 12.2. The number of carbonyl (C=O) groups is 1. The van der Waals surface area contributed by atoms with Crippen LogP contribution in [0.5, 0.6) is 0 Å². The zero-order chi connectivity index (χ0) is 16.9. The molecule has 1 N–H and O–H groups in total. The summed E-state index contributed by atoms with van der Waals surface area (Å²) in [7, 11) is 0. The van der Waals surface area contributed by atoms with Crippen LogP contribution in [-0.2, 0) is 4.79 Å². The normalized spacial score (nSPS) is 10.6. The van der Waals surface area contributed by atoms with E-state index in [0.717, 1.165) is 23.9 Å². The Bertz CT molecular complexity index is 857. The lowest BCUT2D eigenvalue weighted by molar-refractivity contribution is -0.113. The molecule has 3 aromatic rings. The minimum absolute atomic E-state index is 0.0696. The Morgan fingerprint density at radius 1 is 1.17 bits per heavy atom. The molecule has 1 amide bonds. The van der Waals surface area contributed by atoms with E-state index in [2.05, 4.69) is 20.8 Å². The summed E-state index contributed by atoms with van der Waals surface area (Å²) in [5.41, 5.74) is 1.28. The maximum Gasteiger partial charge on any atom is 0.234 e. The van der Waals surface area contributed by atoms with Gasteiger partial charge in [0.25, 0.3) is 0 Å². The number of thioether (sulfide) groups is 1. The molecule has 0 aliphatic rings. The molecule has 0 radical (unpaired) electrons. The number of anilines is 1. The molecule has 0 aliphatic carbocycles. The smallest absolute Gasteiger partial charge is 0.234 e. The predicted molar refractivity (Wildman–Crippen MR) is 84.9 cm³/mol. The summed E-state index contributed by atoms with van der Waals surface area (Å²) in [5, 5.41) is 13.6. The number of tetrazole rings is 1. The third-order valence-corrected chi connectivity index (χ3v) is 4.00. The third kappa shape index (κ3) is 3.93. The minimum atomic E-state index is -0.936. The first-order valence-corrected chi connectivity index (χ1v) is 7.81. The second-order valence-corrected chi connectivity index (χ2v) is 5.77. The molecule has 2 aromatic carbocycles. The first kappa shape index (κ1) is 16.1. The van der Waals surface area contributed by atoms with Crippen LogP contribution in [0.25, 0.3) is 5.69 Å². The van der Waals surface area contributed by atoms with Gasteiger partial charge in [0.1, 0.15) is 6.33 Å². The maximum atomic E-state index is 13.1. The summed E-state index contributed by atoms with van der Waals surface area (Å²) in [6.45, 7) is 0. The van der Waals surface area contributed by atoms with Crippen LogP contribution in [0.2, 0.25) is 0 Å². The van der Waals surface area contributed by atoms with Crippen molar-refractivity contribution in [3.05, 3.63) is 60.4 Å². The van der Waals surface area contributed by atoms with Gasteiger partial charge in [0, 0.05) is 10.6 Å². The van der Waals surface area contributed by atoms with E-state index in [4.69, 9.17) is 0 Å². The van der Waals surface area contributed by atoms with Gasteiger partial charge >= 0.3 is 0 Å². The average Bonchev–Trinajstić information content (AvgIpc) is 3.11. The highest BCUT2D eigenvalue weighted by atomic mass is 32.2. The zero-order valence-corrected chi connectivity index (χ0v) is 13.0. The van der Waals surface area contributed by atoms with Crippen molar-refractivity contribution >= 4 is 23.4 Å². The van der Waals surface area contributed by atoms with Gasteiger partial charge < -0.3 is 5.32 Å². The topological polar surface area (TPSA) is 72.7 Å². The fourth-order valence-corrected chi connectivity index (χ4v) is 2.64. The lowest BCUT2D eigenvalue weighted by Gasteiger charge is -2.07. The largest absolute Gasteiger partial charge is 0.325 e. The highest BCUT2D eigenvalue weighted by Crippen LogP contribution is 2.21. The van der Waals surface area contributed by atoms with Gasteiger partial charge in [-0.1, -0.05) is 6.07 Å². The lowest BCUT2D eigenvalue weighted by atomic mass is 10.3. The van der Waals surface area contributed by atoms with Crippen molar-refractivity contribution < 1.29 is 13.6 Å². The number of carbonyl (C=O) groups excluding carboxylic acids is 1. The predicted octanol–water partition coefficient (Wildman–Crippen LogP) is 2.67. The van der Waals surface area contributed by atoms with Crippen molar-refractivity contribution in [2.24, 2.45) is 0 Å². The molecular weight excluding hydrogens is 336 g/mol. The van der Waals surface area contributed by atoms with E-state index >= 15 is 0 Å². The molecule has 0 saturated heterocycles. The van der Waals surface area contributed by atoms with E-state index in [1.54, 1.807) is 24.3 Å². The van der Waals surface area contributed by atoms with Crippen LogP contribution < -0.4 is 5.32 Å². The Morgan fingerprint density at radius 2 is 2.04 bits per heavy atom. The monoisotopic (exact) mass is 347 g/mol. The fraction of sp³-hybridized carbons (Fsp3) is 0.0667. The van der Waals surface area contributed by atoms with Crippen LogP contribution in [0, 0.1) is 11.6 Å². The molecule has 24 heavy (non-hydrogen) atoms. The van der Waals surface area contributed by atoms with Gasteiger partial charge in [0.15, 0.2) is 11.6 Å². The second-order valence-electron chi connectivity index (χ2n) is 4.72. The van der Waals surface area contributed by atoms with E-state index in [1.807, 2.05) is 0 Å². The van der Waals surface area contributed by atoms with Crippen LogP contribution >= 0.6 is 11.8 Å². The maximum absolute atomic E-state index is 13.1. The SMILES string of the molecule is O=C(CSc1ccc(F)c(F)c1)Nc1cccc(-n2cnnn2)c1. The first-order valence-electron chi connectivity index (χ1n) is 6.83. The van der Waals surface area contributed by atoms with E-state index < -0.39 is 11.6 Å². The van der Waals surface area contributed by atoms with Crippen LogP contribution in [0.3, 0.4) is 0 Å². The number of aromatic nitrogens is 4. The van der Waals surface area contributed by atoms with Crippen molar-refractivity contribution in [2.75, 3.05) is 11.1 Å². The van der Waals surface area contributed by atoms with Crippen molar-refractivity contribution in [2.45, 2.75) is 4.90 Å². The van der Waals surface area contributed by atoms with Gasteiger partial charge in [0.2, 0.25) is 5.91 Å². The number of hydrogen-bond donors (Lipinski definition) is 1. The Morgan fingerprint density at radius 3 is 2.79 bits per heavy atom. The highest BCUT2D eigenvalue weighted by Gasteiger charge is 2.07. The van der Waals surface area contributed by atoms with Crippen molar-refractivity contribution in [3.8, 4) is 5.69 Å². The third-order valence-electron chi connectivity index (χ3n) is 3.00. The van der Waals surface area contributed by atoms with Crippen LogP contribution in [-0.4, -0.2) is 31.9 Å². The molecule has 1 aromatic heterocycles. The van der Waals surface area contributed by atoms with Crippen LogP contribution in [0.1, 0.15) is 0 Å². The number of benzene rings is 2. The van der Waals surface area contributed by atoms with Gasteiger partial charge in [0.05, 0.1) is 11.4 Å². The molecule has 0 atom stereocenters. The molecule has 0 aliphatic heterocycles. The summed E-state index contributed by atoms with van der Waals surface area (Å²) in [6.07, 6.45) is 1.44. The molecule has 0 spiro atoms. The summed E-state index contributed by atoms with van der Waals surface area (Å²) in [4.78, 5) is 12.5. The molecule has 0 unspecified atom stereocenters. The van der Waals surface area contributed by atoms with Crippen LogP contribution in [0.4, 0.5) is 14.5 Å². The van der Waals surface area contributed by atoms with Crippen molar-refractivity contribution in [1.29, 1.82) is 0 Å². The van der Waals surface area contributed by atoms with E-state index in [0.29, 0.717) is 16.3 Å². The Hall–Kier alpha value is -2.81. The van der Waals surface area contributed by atoms with E-state index in [1.165, 1.54) is 17.1 Å². The van der Waals surface area contributed by atoms with E-state index in [-0.39, 0.29) is 11.7 Å². The molecule has 6 nitrogen and oxygen atoms in total.